The molecule has 0 unspecified atom stereocenters. The van der Waals surface area contributed by atoms with Gasteiger partial charge in [0, 0.05) is 28.7 Å². The molecule has 3 heterocycles. The molecule has 0 aliphatic heterocycles. The lowest BCUT2D eigenvalue weighted by molar-refractivity contribution is 0.380. The third-order valence-corrected chi connectivity index (χ3v) is 4.30. The Balaban J connectivity index is 2.17. The first-order valence-electron chi connectivity index (χ1n) is 8.17. The average Bonchev–Trinajstić information content (AvgIpc) is 3.02. The monoisotopic (exact) mass is 432 g/mol. The largest absolute Gasteiger partial charge is 0.467 e. The topological polar surface area (TPSA) is 78.1 Å². The molecule has 3 aromatic rings. The Morgan fingerprint density at radius 2 is 2.15 bits per heavy atom. The molecular weight excluding hydrogens is 415 g/mol. The molecule has 0 fully saturated rings. The molecule has 3 aromatic heterocycles. The summed E-state index contributed by atoms with van der Waals surface area (Å²) in [7, 11) is 1.52. The molecule has 0 aliphatic rings. The Morgan fingerprint density at radius 3 is 2.81 bits per heavy atom. The number of alkyl halides is 1. The summed E-state index contributed by atoms with van der Waals surface area (Å²) < 4.78 is 20.3. The summed E-state index contributed by atoms with van der Waals surface area (Å²) in [6, 6.07) is 4.12. The van der Waals surface area contributed by atoms with Crippen molar-refractivity contribution in [1.82, 2.24) is 24.5 Å². The number of allylic oxidation sites excluding steroid dienone is 1. The molecule has 0 radical (unpaired) electrons. The molecule has 140 valence electrons. The van der Waals surface area contributed by atoms with E-state index in [4.69, 9.17) is 4.74 Å². The molecule has 27 heavy (non-hydrogen) atoms. The van der Waals surface area contributed by atoms with Crippen molar-refractivity contribution in [3.8, 4) is 6.01 Å². The third-order valence-electron chi connectivity index (χ3n) is 3.84. The molecule has 0 N–H and O–H groups in total. The number of halogens is 2. The number of hydrogen-bond donors (Lipinski definition) is 0. The zero-order chi connectivity index (χ0) is 19.4. The summed E-state index contributed by atoms with van der Waals surface area (Å²) in [6.45, 7) is 3.55. The molecule has 0 saturated heterocycles. The maximum atomic E-state index is 12.3. The minimum atomic E-state index is -0.620. The number of hydrogen-bond acceptors (Lipinski definition) is 6. The Labute approximate surface area is 164 Å². The maximum absolute atomic E-state index is 12.3. The minimum Gasteiger partial charge on any atom is -0.467 e. The number of aromatic nitrogens is 5. The Bertz CT molecular complexity index is 1010. The Kier molecular flexibility index (Phi) is 5.90. The van der Waals surface area contributed by atoms with E-state index in [1.807, 2.05) is 30.5 Å². The van der Waals surface area contributed by atoms with Crippen LogP contribution >= 0.6 is 15.9 Å². The predicted octanol–water partition coefficient (Wildman–Crippen LogP) is 3.75. The summed E-state index contributed by atoms with van der Waals surface area (Å²) in [5, 5.41) is 0. The van der Waals surface area contributed by atoms with Crippen molar-refractivity contribution in [1.29, 1.82) is 0 Å². The van der Waals surface area contributed by atoms with Gasteiger partial charge in [0.25, 0.3) is 0 Å². The second kappa shape index (κ2) is 8.34. The zero-order valence-electron chi connectivity index (χ0n) is 15.1. The van der Waals surface area contributed by atoms with Gasteiger partial charge in [-0.25, -0.2) is 9.37 Å². The smallest absolute Gasteiger partial charge is 0.318 e. The van der Waals surface area contributed by atoms with E-state index in [0.717, 1.165) is 15.7 Å². The summed E-state index contributed by atoms with van der Waals surface area (Å²) >= 11 is 3.39. The van der Waals surface area contributed by atoms with Gasteiger partial charge < -0.3 is 9.30 Å². The van der Waals surface area contributed by atoms with Crippen molar-refractivity contribution in [3.05, 3.63) is 46.2 Å². The van der Waals surface area contributed by atoms with Crippen LogP contribution in [0.1, 0.15) is 24.1 Å². The second-order valence-corrected chi connectivity index (χ2v) is 6.67. The van der Waals surface area contributed by atoms with Gasteiger partial charge in [-0.1, -0.05) is 0 Å². The van der Waals surface area contributed by atoms with Gasteiger partial charge >= 0.3 is 6.01 Å². The lowest BCUT2D eigenvalue weighted by Crippen LogP contribution is -2.07. The first kappa shape index (κ1) is 19.1. The number of nitrogens with zero attached hydrogens (tertiary/aromatic N) is 6. The van der Waals surface area contributed by atoms with Crippen LogP contribution in [-0.2, 0) is 6.54 Å². The molecule has 0 spiro atoms. The van der Waals surface area contributed by atoms with Crippen LogP contribution in [0, 0.1) is 6.92 Å². The van der Waals surface area contributed by atoms with Crippen LogP contribution < -0.4 is 4.74 Å². The van der Waals surface area contributed by atoms with Crippen molar-refractivity contribution in [2.45, 2.75) is 20.4 Å². The lowest BCUT2D eigenvalue weighted by atomic mass is 10.3. The van der Waals surface area contributed by atoms with Crippen LogP contribution in [0.2, 0.25) is 0 Å². The highest BCUT2D eigenvalue weighted by Crippen LogP contribution is 2.24. The van der Waals surface area contributed by atoms with Crippen LogP contribution in [0.15, 0.2) is 34.0 Å². The fourth-order valence-electron chi connectivity index (χ4n) is 2.58. The van der Waals surface area contributed by atoms with Gasteiger partial charge in [0.05, 0.1) is 25.0 Å². The summed E-state index contributed by atoms with van der Waals surface area (Å²) in [6.07, 6.45) is 4.51. The Hall–Kier alpha value is -2.68. The summed E-state index contributed by atoms with van der Waals surface area (Å²) in [5.74, 6) is 0.663. The third kappa shape index (κ3) is 4.19. The van der Waals surface area contributed by atoms with Crippen LogP contribution in [0.25, 0.3) is 16.7 Å². The first-order chi connectivity index (χ1) is 13.0. The lowest BCUT2D eigenvalue weighted by Gasteiger charge is -2.09. The molecule has 0 aromatic carbocycles. The van der Waals surface area contributed by atoms with Gasteiger partial charge in [-0.2, -0.15) is 9.97 Å². The quantitative estimate of drug-likeness (QED) is 0.554. The molecule has 0 saturated carbocycles. The van der Waals surface area contributed by atoms with E-state index in [1.165, 1.54) is 13.3 Å². The second-order valence-electron chi connectivity index (χ2n) is 5.76. The highest BCUT2D eigenvalue weighted by Gasteiger charge is 2.18. The van der Waals surface area contributed by atoms with Crippen LogP contribution in [-0.4, -0.2) is 44.5 Å². The van der Waals surface area contributed by atoms with E-state index in [0.29, 0.717) is 29.2 Å². The number of methoxy groups -OCH3 is 1. The number of fused-ring (bicyclic) bond motifs is 1. The van der Waals surface area contributed by atoms with E-state index < -0.39 is 6.67 Å². The van der Waals surface area contributed by atoms with Gasteiger partial charge in [-0.05, 0) is 41.9 Å². The molecule has 9 heteroatoms. The molecule has 0 bridgehead atoms. The fourth-order valence-corrected chi connectivity index (χ4v) is 2.81. The zero-order valence-corrected chi connectivity index (χ0v) is 16.7. The van der Waals surface area contributed by atoms with Crippen molar-refractivity contribution in [3.63, 3.8) is 0 Å². The first-order valence-corrected chi connectivity index (χ1v) is 8.96. The number of rotatable bonds is 6. The highest BCUT2D eigenvalue weighted by atomic mass is 79.9. The van der Waals surface area contributed by atoms with E-state index in [1.54, 1.807) is 12.4 Å². The van der Waals surface area contributed by atoms with Crippen molar-refractivity contribution in [2.75, 3.05) is 13.8 Å². The molecule has 3 rings (SSSR count). The van der Waals surface area contributed by atoms with E-state index in [2.05, 4.69) is 40.9 Å². The molecule has 0 atom stereocenters. The van der Waals surface area contributed by atoms with Gasteiger partial charge in [0.1, 0.15) is 18.0 Å². The van der Waals surface area contributed by atoms with Crippen LogP contribution in [0.4, 0.5) is 4.39 Å². The minimum absolute atomic E-state index is 0.272. The van der Waals surface area contributed by atoms with E-state index >= 15 is 0 Å². The average molecular weight is 433 g/mol. The molecule has 0 aliphatic carbocycles. The van der Waals surface area contributed by atoms with Gasteiger partial charge in [-0.3, -0.25) is 9.98 Å². The summed E-state index contributed by atoms with van der Waals surface area (Å²) in [5.41, 5.74) is 3.63. The molecular formula is C18H18BrFN6O. The van der Waals surface area contributed by atoms with Crippen molar-refractivity contribution < 1.29 is 9.13 Å². The highest BCUT2D eigenvalue weighted by molar-refractivity contribution is 9.10. The van der Waals surface area contributed by atoms with Gasteiger partial charge in [-0.15, -0.1) is 0 Å². The van der Waals surface area contributed by atoms with Crippen molar-refractivity contribution >= 4 is 38.9 Å². The summed E-state index contributed by atoms with van der Waals surface area (Å²) in [4.78, 5) is 21.8. The predicted molar refractivity (Wildman–Crippen MR) is 106 cm³/mol. The standard InChI is InChI=1S/C18H18BrFN6O/c1-11(8-21-7-6-20)16-24-15-12(2)23-18(27-3)25-17(15)26(16)10-14-5-4-13(19)9-22-14/h4-5,7-9H,6,10H2,1-3H3/b11-8+,21-7?. The number of aryl methyl sites for hydroxylation is 1. The number of pyridine rings is 1. The Morgan fingerprint density at radius 1 is 1.33 bits per heavy atom. The van der Waals surface area contributed by atoms with Crippen molar-refractivity contribution in [2.24, 2.45) is 4.99 Å². The van der Waals surface area contributed by atoms with Crippen LogP contribution in [0.5, 0.6) is 6.01 Å². The van der Waals surface area contributed by atoms with E-state index in [9.17, 15) is 4.39 Å². The molecule has 7 nitrogen and oxygen atoms in total. The van der Waals surface area contributed by atoms with E-state index in [-0.39, 0.29) is 6.01 Å². The number of aliphatic imine (C=N–C) groups is 1. The fraction of sp³-hybridized carbons (Fsp3) is 0.278. The number of imidazole rings is 1. The van der Waals surface area contributed by atoms with Crippen LogP contribution in [0.3, 0.4) is 0 Å². The SMILES string of the molecule is COc1nc(C)c2nc(/C(C)=C/N=CCF)n(Cc3ccc(Br)cn3)c2n1. The number of ether oxygens (including phenoxy) is 1. The normalized spacial score (nSPS) is 12.3. The van der Waals surface area contributed by atoms with Gasteiger partial charge in [0.15, 0.2) is 5.65 Å². The molecule has 0 amide bonds. The maximum Gasteiger partial charge on any atom is 0.318 e. The van der Waals surface area contributed by atoms with Gasteiger partial charge in [0.2, 0.25) is 0 Å².